The van der Waals surface area contributed by atoms with Gasteiger partial charge in [0.1, 0.15) is 10.6 Å². The van der Waals surface area contributed by atoms with Gasteiger partial charge in [-0.05, 0) is 19.9 Å². The molecule has 1 rings (SSSR count). The number of aromatic nitrogens is 1. The lowest BCUT2D eigenvalue weighted by Crippen LogP contribution is -2.28. The Morgan fingerprint density at radius 3 is 2.47 bits per heavy atom. The highest BCUT2D eigenvalue weighted by molar-refractivity contribution is 7.89. The molecule has 0 saturated heterocycles. The Morgan fingerprint density at radius 2 is 2.06 bits per heavy atom. The van der Waals surface area contributed by atoms with Gasteiger partial charge in [0.15, 0.2) is 0 Å². The molecule has 0 atom stereocenters. The van der Waals surface area contributed by atoms with Gasteiger partial charge in [-0.1, -0.05) is 0 Å². The second-order valence-electron chi connectivity index (χ2n) is 3.71. The van der Waals surface area contributed by atoms with Gasteiger partial charge in [0.25, 0.3) is 5.91 Å². The Morgan fingerprint density at radius 1 is 1.47 bits per heavy atom. The van der Waals surface area contributed by atoms with Crippen molar-refractivity contribution in [3.63, 3.8) is 0 Å². The summed E-state index contributed by atoms with van der Waals surface area (Å²) in [5, 5.41) is 5.04. The number of carbonyl (C=O) groups is 1. The summed E-state index contributed by atoms with van der Waals surface area (Å²) in [5.74, 6) is -0.218. The summed E-state index contributed by atoms with van der Waals surface area (Å²) in [7, 11) is -2.11. The molecule has 0 bridgehead atoms. The van der Waals surface area contributed by atoms with Crippen molar-refractivity contribution in [2.75, 3.05) is 13.6 Å². The molecule has 96 valence electrons. The van der Waals surface area contributed by atoms with E-state index in [1.807, 2.05) is 13.8 Å². The van der Waals surface area contributed by atoms with Crippen molar-refractivity contribution >= 4 is 15.9 Å². The Kier molecular flexibility index (Phi) is 3.94. The minimum absolute atomic E-state index is 0.0350. The van der Waals surface area contributed by atoms with Crippen molar-refractivity contribution in [3.05, 3.63) is 18.0 Å². The van der Waals surface area contributed by atoms with Crippen LogP contribution in [0.25, 0.3) is 0 Å². The summed E-state index contributed by atoms with van der Waals surface area (Å²) >= 11 is 0. The molecule has 0 aromatic carbocycles. The lowest BCUT2D eigenvalue weighted by atomic mass is 10.3. The summed E-state index contributed by atoms with van der Waals surface area (Å²) in [6, 6.07) is 1.31. The van der Waals surface area contributed by atoms with E-state index in [0.29, 0.717) is 18.8 Å². The van der Waals surface area contributed by atoms with Crippen LogP contribution in [0.5, 0.6) is 0 Å². The first kappa shape index (κ1) is 13.7. The van der Waals surface area contributed by atoms with E-state index in [-0.39, 0.29) is 10.8 Å². The zero-order chi connectivity index (χ0) is 13.2. The molecular formula is C10H17N3O3S. The number of amides is 1. The standard InChI is InChI=1S/C10H17N3O3S/c1-4-12(3)10(14)9-6-8(17(11,15)16)7-13(9)5-2/h6-7H,4-5H2,1-3H3,(H2,11,15,16). The highest BCUT2D eigenvalue weighted by atomic mass is 32.2. The molecule has 0 aliphatic carbocycles. The van der Waals surface area contributed by atoms with Crippen LogP contribution >= 0.6 is 0 Å². The second-order valence-corrected chi connectivity index (χ2v) is 5.27. The van der Waals surface area contributed by atoms with E-state index in [2.05, 4.69) is 0 Å². The third-order valence-electron chi connectivity index (χ3n) is 2.58. The molecule has 17 heavy (non-hydrogen) atoms. The molecule has 0 aliphatic rings. The summed E-state index contributed by atoms with van der Waals surface area (Å²) in [6.07, 6.45) is 1.38. The fourth-order valence-electron chi connectivity index (χ4n) is 1.42. The fourth-order valence-corrected chi connectivity index (χ4v) is 1.97. The quantitative estimate of drug-likeness (QED) is 0.841. The SMILES string of the molecule is CCN(C)C(=O)c1cc(S(N)(=O)=O)cn1CC. The Labute approximate surface area is 101 Å². The molecule has 0 fully saturated rings. The first-order valence-electron chi connectivity index (χ1n) is 5.29. The molecule has 0 unspecified atom stereocenters. The Bertz CT molecular complexity index is 519. The molecule has 7 heteroatoms. The fraction of sp³-hybridized carbons (Fsp3) is 0.500. The van der Waals surface area contributed by atoms with E-state index in [1.165, 1.54) is 17.2 Å². The molecule has 1 aromatic heterocycles. The van der Waals surface area contributed by atoms with Crippen molar-refractivity contribution in [3.8, 4) is 0 Å². The van der Waals surface area contributed by atoms with E-state index in [1.54, 1.807) is 11.6 Å². The van der Waals surface area contributed by atoms with Gasteiger partial charge in [-0.3, -0.25) is 4.79 Å². The van der Waals surface area contributed by atoms with Crippen molar-refractivity contribution in [1.82, 2.24) is 9.47 Å². The van der Waals surface area contributed by atoms with E-state index in [0.717, 1.165) is 0 Å². The monoisotopic (exact) mass is 259 g/mol. The normalized spacial score (nSPS) is 11.5. The highest BCUT2D eigenvalue weighted by Crippen LogP contribution is 2.14. The van der Waals surface area contributed by atoms with Crippen LogP contribution in [0, 0.1) is 0 Å². The summed E-state index contributed by atoms with van der Waals surface area (Å²) in [6.45, 7) is 4.74. The van der Waals surface area contributed by atoms with Crippen LogP contribution in [0.4, 0.5) is 0 Å². The van der Waals surface area contributed by atoms with Crippen LogP contribution in [-0.4, -0.2) is 37.4 Å². The average Bonchev–Trinajstić information content (AvgIpc) is 2.70. The maximum atomic E-state index is 12.0. The maximum absolute atomic E-state index is 12.0. The van der Waals surface area contributed by atoms with Gasteiger partial charge in [0, 0.05) is 26.3 Å². The smallest absolute Gasteiger partial charge is 0.270 e. The van der Waals surface area contributed by atoms with Crippen molar-refractivity contribution in [2.24, 2.45) is 5.14 Å². The first-order chi connectivity index (χ1) is 7.81. The number of sulfonamides is 1. The van der Waals surface area contributed by atoms with Crippen LogP contribution < -0.4 is 5.14 Å². The van der Waals surface area contributed by atoms with E-state index in [9.17, 15) is 13.2 Å². The molecule has 1 aromatic rings. The van der Waals surface area contributed by atoms with Crippen LogP contribution in [0.3, 0.4) is 0 Å². The summed E-state index contributed by atoms with van der Waals surface area (Å²) < 4.78 is 24.0. The number of carbonyl (C=O) groups excluding carboxylic acids is 1. The van der Waals surface area contributed by atoms with Gasteiger partial charge < -0.3 is 9.47 Å². The predicted octanol–water partition coefficient (Wildman–Crippen LogP) is 0.247. The topological polar surface area (TPSA) is 85.4 Å². The molecule has 0 aliphatic heterocycles. The van der Waals surface area contributed by atoms with Crippen LogP contribution in [0.15, 0.2) is 17.2 Å². The molecule has 0 saturated carbocycles. The van der Waals surface area contributed by atoms with Gasteiger partial charge in [-0.25, -0.2) is 13.6 Å². The average molecular weight is 259 g/mol. The van der Waals surface area contributed by atoms with Gasteiger partial charge >= 0.3 is 0 Å². The molecule has 2 N–H and O–H groups in total. The minimum atomic E-state index is -3.77. The van der Waals surface area contributed by atoms with Crippen LogP contribution in [0.2, 0.25) is 0 Å². The molecule has 0 radical (unpaired) electrons. The van der Waals surface area contributed by atoms with E-state index >= 15 is 0 Å². The lowest BCUT2D eigenvalue weighted by molar-refractivity contribution is 0.0792. The number of nitrogens with two attached hydrogens (primary N) is 1. The number of hydrogen-bond donors (Lipinski definition) is 1. The van der Waals surface area contributed by atoms with E-state index < -0.39 is 10.0 Å². The zero-order valence-corrected chi connectivity index (χ0v) is 11.0. The second kappa shape index (κ2) is 4.89. The van der Waals surface area contributed by atoms with Gasteiger partial charge in [-0.15, -0.1) is 0 Å². The number of hydrogen-bond acceptors (Lipinski definition) is 3. The predicted molar refractivity (Wildman–Crippen MR) is 64.1 cm³/mol. The number of nitrogens with zero attached hydrogens (tertiary/aromatic N) is 2. The molecule has 1 amide bonds. The van der Waals surface area contributed by atoms with Gasteiger partial charge in [0.2, 0.25) is 10.0 Å². The molecule has 1 heterocycles. The molecule has 6 nitrogen and oxygen atoms in total. The first-order valence-corrected chi connectivity index (χ1v) is 6.84. The Hall–Kier alpha value is -1.34. The van der Waals surface area contributed by atoms with Crippen molar-refractivity contribution in [1.29, 1.82) is 0 Å². The van der Waals surface area contributed by atoms with Gasteiger partial charge in [-0.2, -0.15) is 0 Å². The van der Waals surface area contributed by atoms with Crippen LogP contribution in [0.1, 0.15) is 24.3 Å². The highest BCUT2D eigenvalue weighted by Gasteiger charge is 2.20. The number of rotatable bonds is 4. The molecule has 0 spiro atoms. The zero-order valence-electron chi connectivity index (χ0n) is 10.2. The molecular weight excluding hydrogens is 242 g/mol. The Balaban J connectivity index is 3.25. The maximum Gasteiger partial charge on any atom is 0.270 e. The largest absolute Gasteiger partial charge is 0.342 e. The number of aryl methyl sites for hydroxylation is 1. The lowest BCUT2D eigenvalue weighted by Gasteiger charge is -2.15. The minimum Gasteiger partial charge on any atom is -0.342 e. The summed E-state index contributed by atoms with van der Waals surface area (Å²) in [5.41, 5.74) is 0.334. The summed E-state index contributed by atoms with van der Waals surface area (Å²) in [4.78, 5) is 13.4. The number of primary sulfonamides is 1. The van der Waals surface area contributed by atoms with Crippen molar-refractivity contribution in [2.45, 2.75) is 25.3 Å². The van der Waals surface area contributed by atoms with E-state index in [4.69, 9.17) is 5.14 Å². The van der Waals surface area contributed by atoms with Crippen LogP contribution in [-0.2, 0) is 16.6 Å². The third-order valence-corrected chi connectivity index (χ3v) is 3.46. The third kappa shape index (κ3) is 2.86. The van der Waals surface area contributed by atoms with Crippen molar-refractivity contribution < 1.29 is 13.2 Å². The van der Waals surface area contributed by atoms with Gasteiger partial charge in [0.05, 0.1) is 0 Å².